The largest absolute Gasteiger partial charge is 0.356 e. The van der Waals surface area contributed by atoms with Crippen LogP contribution >= 0.6 is 11.6 Å². The molecular formula is C16H26ClN3. The first kappa shape index (κ1) is 15.6. The third kappa shape index (κ3) is 3.85. The molecule has 0 bridgehead atoms. The van der Waals surface area contributed by atoms with E-state index in [0.717, 1.165) is 30.6 Å². The fraction of sp³-hybridized carbons (Fsp3) is 0.750. The lowest BCUT2D eigenvalue weighted by Crippen LogP contribution is -2.34. The maximum atomic E-state index is 6.18. The van der Waals surface area contributed by atoms with E-state index in [0.29, 0.717) is 5.15 Å². The van der Waals surface area contributed by atoms with Gasteiger partial charge in [-0.3, -0.25) is 0 Å². The van der Waals surface area contributed by atoms with Crippen LogP contribution in [0.15, 0.2) is 6.07 Å². The Morgan fingerprint density at radius 2 is 1.90 bits per heavy atom. The molecule has 0 saturated carbocycles. The summed E-state index contributed by atoms with van der Waals surface area (Å²) < 4.78 is 0. The van der Waals surface area contributed by atoms with Gasteiger partial charge in [-0.05, 0) is 18.8 Å². The van der Waals surface area contributed by atoms with E-state index < -0.39 is 0 Å². The molecule has 1 saturated heterocycles. The fourth-order valence-corrected chi connectivity index (χ4v) is 2.94. The first-order chi connectivity index (χ1) is 9.40. The van der Waals surface area contributed by atoms with E-state index in [1.807, 2.05) is 6.07 Å². The van der Waals surface area contributed by atoms with Crippen molar-refractivity contribution in [3.8, 4) is 0 Å². The van der Waals surface area contributed by atoms with Gasteiger partial charge in [0.15, 0.2) is 0 Å². The minimum atomic E-state index is -0.0693. The Bertz CT molecular complexity index is 446. The normalized spacial score (nSPS) is 17.6. The van der Waals surface area contributed by atoms with Crippen molar-refractivity contribution in [3.63, 3.8) is 0 Å². The van der Waals surface area contributed by atoms with Crippen molar-refractivity contribution < 1.29 is 0 Å². The summed E-state index contributed by atoms with van der Waals surface area (Å²) in [6.45, 7) is 10.8. The second-order valence-corrected chi connectivity index (χ2v) is 7.23. The van der Waals surface area contributed by atoms with Gasteiger partial charge >= 0.3 is 0 Å². The molecule has 20 heavy (non-hydrogen) atoms. The van der Waals surface area contributed by atoms with Crippen LogP contribution in [0.5, 0.6) is 0 Å². The summed E-state index contributed by atoms with van der Waals surface area (Å²) in [4.78, 5) is 11.5. The van der Waals surface area contributed by atoms with Gasteiger partial charge in [-0.15, -0.1) is 0 Å². The average Bonchev–Trinajstić information content (AvgIpc) is 2.38. The monoisotopic (exact) mass is 295 g/mol. The molecule has 0 spiro atoms. The van der Waals surface area contributed by atoms with Gasteiger partial charge in [0.1, 0.15) is 16.8 Å². The van der Waals surface area contributed by atoms with Crippen LogP contribution in [0.25, 0.3) is 0 Å². The van der Waals surface area contributed by atoms with Gasteiger partial charge in [0.2, 0.25) is 0 Å². The van der Waals surface area contributed by atoms with E-state index in [1.54, 1.807) is 0 Å². The molecule has 1 aromatic heterocycles. The summed E-state index contributed by atoms with van der Waals surface area (Å²) in [5.74, 6) is 2.70. The SMILES string of the molecule is CCCC1CCN(c2cc(Cl)nc(C(C)(C)C)n2)CC1. The predicted molar refractivity (Wildman–Crippen MR) is 85.6 cm³/mol. The lowest BCUT2D eigenvalue weighted by atomic mass is 9.92. The lowest BCUT2D eigenvalue weighted by Gasteiger charge is -2.33. The van der Waals surface area contributed by atoms with E-state index in [-0.39, 0.29) is 5.41 Å². The van der Waals surface area contributed by atoms with Crippen LogP contribution in [-0.2, 0) is 5.41 Å². The Hall–Kier alpha value is -0.830. The quantitative estimate of drug-likeness (QED) is 0.772. The Morgan fingerprint density at radius 3 is 2.45 bits per heavy atom. The minimum absolute atomic E-state index is 0.0693. The van der Waals surface area contributed by atoms with Crippen molar-refractivity contribution in [1.29, 1.82) is 0 Å². The third-order valence-corrected chi connectivity index (χ3v) is 4.18. The number of rotatable bonds is 3. The van der Waals surface area contributed by atoms with Crippen LogP contribution < -0.4 is 4.90 Å². The third-order valence-electron chi connectivity index (χ3n) is 3.99. The summed E-state index contributed by atoms with van der Waals surface area (Å²) in [6, 6.07) is 1.90. The van der Waals surface area contributed by atoms with Gasteiger partial charge in [-0.2, -0.15) is 0 Å². The molecule has 2 heterocycles. The predicted octanol–water partition coefficient (Wildman–Crippen LogP) is 4.44. The molecule has 0 aromatic carbocycles. The van der Waals surface area contributed by atoms with E-state index in [2.05, 4.69) is 37.6 Å². The smallest absolute Gasteiger partial charge is 0.137 e. The summed E-state index contributed by atoms with van der Waals surface area (Å²) >= 11 is 6.18. The highest BCUT2D eigenvalue weighted by molar-refractivity contribution is 6.29. The lowest BCUT2D eigenvalue weighted by molar-refractivity contribution is 0.376. The van der Waals surface area contributed by atoms with Crippen LogP contribution in [-0.4, -0.2) is 23.1 Å². The van der Waals surface area contributed by atoms with Crippen LogP contribution in [0, 0.1) is 5.92 Å². The van der Waals surface area contributed by atoms with Crippen molar-refractivity contribution in [2.45, 2.75) is 58.8 Å². The highest BCUT2D eigenvalue weighted by Crippen LogP contribution is 2.28. The van der Waals surface area contributed by atoms with Gasteiger partial charge in [0, 0.05) is 24.6 Å². The summed E-state index contributed by atoms with van der Waals surface area (Å²) in [5, 5.41) is 0.551. The zero-order chi connectivity index (χ0) is 14.8. The van der Waals surface area contributed by atoms with E-state index >= 15 is 0 Å². The van der Waals surface area contributed by atoms with Crippen LogP contribution in [0.2, 0.25) is 5.15 Å². The molecule has 1 aliphatic heterocycles. The molecule has 112 valence electrons. The second-order valence-electron chi connectivity index (χ2n) is 6.84. The highest BCUT2D eigenvalue weighted by Gasteiger charge is 2.23. The number of anilines is 1. The first-order valence-corrected chi connectivity index (χ1v) is 8.08. The fourth-order valence-electron chi connectivity index (χ4n) is 2.76. The Balaban J connectivity index is 2.12. The zero-order valence-electron chi connectivity index (χ0n) is 13.1. The van der Waals surface area contributed by atoms with Crippen molar-refractivity contribution in [3.05, 3.63) is 17.0 Å². The minimum Gasteiger partial charge on any atom is -0.356 e. The number of halogens is 1. The average molecular weight is 296 g/mol. The van der Waals surface area contributed by atoms with Gasteiger partial charge in [-0.1, -0.05) is 52.1 Å². The molecule has 0 atom stereocenters. The molecule has 0 amide bonds. The van der Waals surface area contributed by atoms with E-state index in [4.69, 9.17) is 16.6 Å². The molecule has 0 unspecified atom stereocenters. The zero-order valence-corrected chi connectivity index (χ0v) is 13.9. The van der Waals surface area contributed by atoms with E-state index in [9.17, 15) is 0 Å². The molecule has 0 radical (unpaired) electrons. The Morgan fingerprint density at radius 1 is 1.25 bits per heavy atom. The van der Waals surface area contributed by atoms with Crippen molar-refractivity contribution >= 4 is 17.4 Å². The van der Waals surface area contributed by atoms with Crippen LogP contribution in [0.4, 0.5) is 5.82 Å². The summed E-state index contributed by atoms with van der Waals surface area (Å²) in [5.41, 5.74) is -0.0693. The first-order valence-electron chi connectivity index (χ1n) is 7.70. The standard InChI is InChI=1S/C16H26ClN3/c1-5-6-12-7-9-20(10-8-12)14-11-13(17)18-15(19-14)16(2,3)4/h11-12H,5-10H2,1-4H3. The van der Waals surface area contributed by atoms with Gasteiger partial charge < -0.3 is 4.90 Å². The molecule has 1 aromatic rings. The second kappa shape index (κ2) is 6.30. The van der Waals surface area contributed by atoms with Crippen molar-refractivity contribution in [2.24, 2.45) is 5.92 Å². The molecule has 1 fully saturated rings. The topological polar surface area (TPSA) is 29.0 Å². The van der Waals surface area contributed by atoms with Gasteiger partial charge in [-0.25, -0.2) is 9.97 Å². The summed E-state index contributed by atoms with van der Waals surface area (Å²) in [7, 11) is 0. The Labute approximate surface area is 127 Å². The number of nitrogens with zero attached hydrogens (tertiary/aromatic N) is 3. The van der Waals surface area contributed by atoms with E-state index in [1.165, 1.54) is 25.7 Å². The number of aromatic nitrogens is 2. The van der Waals surface area contributed by atoms with Crippen molar-refractivity contribution in [1.82, 2.24) is 9.97 Å². The van der Waals surface area contributed by atoms with Gasteiger partial charge in [0.05, 0.1) is 0 Å². The molecule has 3 nitrogen and oxygen atoms in total. The molecule has 1 aliphatic rings. The van der Waals surface area contributed by atoms with Crippen LogP contribution in [0.1, 0.15) is 59.2 Å². The molecule has 4 heteroatoms. The van der Waals surface area contributed by atoms with Gasteiger partial charge in [0.25, 0.3) is 0 Å². The molecular weight excluding hydrogens is 270 g/mol. The number of hydrogen-bond acceptors (Lipinski definition) is 3. The van der Waals surface area contributed by atoms with Crippen molar-refractivity contribution in [2.75, 3.05) is 18.0 Å². The number of piperidine rings is 1. The Kier molecular flexibility index (Phi) is 4.90. The molecule has 0 N–H and O–H groups in total. The maximum absolute atomic E-state index is 6.18. The molecule has 2 rings (SSSR count). The van der Waals surface area contributed by atoms with Crippen LogP contribution in [0.3, 0.4) is 0 Å². The molecule has 0 aliphatic carbocycles. The summed E-state index contributed by atoms with van der Waals surface area (Å²) in [6.07, 6.45) is 5.17. The highest BCUT2D eigenvalue weighted by atomic mass is 35.5. The maximum Gasteiger partial charge on any atom is 0.137 e. The number of hydrogen-bond donors (Lipinski definition) is 0.